The first-order valence-corrected chi connectivity index (χ1v) is 6.37. The van der Waals surface area contributed by atoms with Gasteiger partial charge < -0.3 is 10.4 Å². The van der Waals surface area contributed by atoms with Gasteiger partial charge in [0.15, 0.2) is 0 Å². The summed E-state index contributed by atoms with van der Waals surface area (Å²) in [6, 6.07) is 3.67. The molecule has 7 heteroatoms. The summed E-state index contributed by atoms with van der Waals surface area (Å²) in [5, 5.41) is 21.7. The van der Waals surface area contributed by atoms with E-state index >= 15 is 0 Å². The lowest BCUT2D eigenvalue weighted by molar-refractivity contribution is -0.137. The molecule has 96 valence electrons. The number of hydrogen-bond donors (Lipinski definition) is 2. The van der Waals surface area contributed by atoms with Crippen molar-refractivity contribution in [3.05, 3.63) is 34.3 Å². The fourth-order valence-electron chi connectivity index (χ4n) is 1.64. The average Bonchev–Trinajstić information content (AvgIpc) is 2.95. The van der Waals surface area contributed by atoms with Crippen LogP contribution in [0.15, 0.2) is 23.7 Å². The Hall–Kier alpha value is -1.73. The molecule has 2 aromatic rings. The minimum Gasteiger partial charge on any atom is -0.481 e. The summed E-state index contributed by atoms with van der Waals surface area (Å²) in [5.41, 5.74) is 0.918. The molecule has 2 heterocycles. The number of carboxylic acids is 1. The second kappa shape index (κ2) is 5.74. The van der Waals surface area contributed by atoms with E-state index in [1.807, 2.05) is 17.5 Å². The molecule has 18 heavy (non-hydrogen) atoms. The van der Waals surface area contributed by atoms with E-state index in [-0.39, 0.29) is 12.5 Å². The molecule has 0 aliphatic rings. The molecular formula is C11H14N4O2S. The van der Waals surface area contributed by atoms with Crippen molar-refractivity contribution in [2.24, 2.45) is 7.05 Å². The van der Waals surface area contributed by atoms with Crippen molar-refractivity contribution in [3.8, 4) is 0 Å². The molecule has 0 aliphatic carbocycles. The van der Waals surface area contributed by atoms with Gasteiger partial charge in [-0.15, -0.1) is 16.4 Å². The molecule has 0 saturated heterocycles. The Morgan fingerprint density at radius 2 is 2.50 bits per heavy atom. The third-order valence-corrected chi connectivity index (χ3v) is 3.59. The van der Waals surface area contributed by atoms with E-state index < -0.39 is 5.97 Å². The van der Waals surface area contributed by atoms with Crippen LogP contribution in [0.4, 0.5) is 0 Å². The lowest BCUT2D eigenvalue weighted by Gasteiger charge is -2.15. The van der Waals surface area contributed by atoms with Crippen molar-refractivity contribution in [1.82, 2.24) is 20.3 Å². The van der Waals surface area contributed by atoms with Crippen LogP contribution in [-0.2, 0) is 18.4 Å². The maximum Gasteiger partial charge on any atom is 0.305 e. The zero-order valence-electron chi connectivity index (χ0n) is 9.91. The predicted molar refractivity (Wildman–Crippen MR) is 67.2 cm³/mol. The Morgan fingerprint density at radius 3 is 3.06 bits per heavy atom. The highest BCUT2D eigenvalue weighted by Gasteiger charge is 2.16. The van der Waals surface area contributed by atoms with Gasteiger partial charge in [-0.2, -0.15) is 0 Å². The Balaban J connectivity index is 2.02. The summed E-state index contributed by atoms with van der Waals surface area (Å²) >= 11 is 1.55. The van der Waals surface area contributed by atoms with Crippen LogP contribution in [0.1, 0.15) is 23.0 Å². The van der Waals surface area contributed by atoms with Crippen molar-refractivity contribution in [1.29, 1.82) is 0 Å². The van der Waals surface area contributed by atoms with Crippen molar-refractivity contribution in [3.63, 3.8) is 0 Å². The van der Waals surface area contributed by atoms with E-state index in [1.54, 1.807) is 29.3 Å². The van der Waals surface area contributed by atoms with Gasteiger partial charge in [0, 0.05) is 18.5 Å². The van der Waals surface area contributed by atoms with Crippen LogP contribution < -0.4 is 5.32 Å². The summed E-state index contributed by atoms with van der Waals surface area (Å²) < 4.78 is 1.67. The largest absolute Gasteiger partial charge is 0.481 e. The van der Waals surface area contributed by atoms with Gasteiger partial charge in [0.1, 0.15) is 0 Å². The lowest BCUT2D eigenvalue weighted by Crippen LogP contribution is -2.23. The Morgan fingerprint density at radius 1 is 1.67 bits per heavy atom. The van der Waals surface area contributed by atoms with Crippen LogP contribution in [0, 0.1) is 0 Å². The van der Waals surface area contributed by atoms with E-state index in [4.69, 9.17) is 5.11 Å². The molecule has 2 N–H and O–H groups in total. The fourth-order valence-corrected chi connectivity index (χ4v) is 2.44. The number of nitrogens with zero attached hydrogens (tertiary/aromatic N) is 3. The Bertz CT molecular complexity index is 509. The van der Waals surface area contributed by atoms with E-state index in [0.717, 1.165) is 10.6 Å². The van der Waals surface area contributed by atoms with Crippen LogP contribution >= 0.6 is 11.3 Å². The van der Waals surface area contributed by atoms with Crippen molar-refractivity contribution in [2.45, 2.75) is 19.0 Å². The van der Waals surface area contributed by atoms with E-state index in [1.165, 1.54) is 0 Å². The SMILES string of the molecule is Cn1nncc1CNC(CC(=O)O)c1cccs1. The predicted octanol–water partition coefficient (Wildman–Crippen LogP) is 1.18. The first kappa shape index (κ1) is 12.7. The molecule has 0 aliphatic heterocycles. The number of aromatic nitrogens is 3. The number of thiophene rings is 1. The molecule has 2 aromatic heterocycles. The highest BCUT2D eigenvalue weighted by molar-refractivity contribution is 7.10. The number of aliphatic carboxylic acids is 1. The summed E-state index contributed by atoms with van der Waals surface area (Å²) in [4.78, 5) is 11.9. The quantitative estimate of drug-likeness (QED) is 0.820. The molecule has 0 radical (unpaired) electrons. The highest BCUT2D eigenvalue weighted by Crippen LogP contribution is 2.22. The van der Waals surface area contributed by atoms with Crippen molar-refractivity contribution < 1.29 is 9.90 Å². The molecule has 0 bridgehead atoms. The Labute approximate surface area is 108 Å². The minimum absolute atomic E-state index is 0.0613. The minimum atomic E-state index is -0.816. The van der Waals surface area contributed by atoms with Gasteiger partial charge in [0.25, 0.3) is 0 Å². The number of rotatable bonds is 6. The lowest BCUT2D eigenvalue weighted by atomic mass is 10.1. The number of aryl methyl sites for hydroxylation is 1. The van der Waals surface area contributed by atoms with Crippen LogP contribution in [0.25, 0.3) is 0 Å². The standard InChI is InChI=1S/C11H14N4O2S/c1-15-8(7-13-14-15)6-12-9(5-11(16)17)10-3-2-4-18-10/h2-4,7,9,12H,5-6H2,1H3,(H,16,17). The number of nitrogens with one attached hydrogen (secondary N) is 1. The van der Waals surface area contributed by atoms with E-state index in [2.05, 4.69) is 15.6 Å². The van der Waals surface area contributed by atoms with Gasteiger partial charge >= 0.3 is 5.97 Å². The molecule has 6 nitrogen and oxygen atoms in total. The molecular weight excluding hydrogens is 252 g/mol. The third kappa shape index (κ3) is 3.14. The summed E-state index contributed by atoms with van der Waals surface area (Å²) in [7, 11) is 1.81. The smallest absolute Gasteiger partial charge is 0.305 e. The van der Waals surface area contributed by atoms with E-state index in [0.29, 0.717) is 6.54 Å². The average molecular weight is 266 g/mol. The maximum atomic E-state index is 10.9. The van der Waals surface area contributed by atoms with Crippen molar-refractivity contribution >= 4 is 17.3 Å². The normalized spacial score (nSPS) is 12.5. The Kier molecular flexibility index (Phi) is 4.06. The van der Waals surface area contributed by atoms with Crippen LogP contribution in [0.3, 0.4) is 0 Å². The highest BCUT2D eigenvalue weighted by atomic mass is 32.1. The monoisotopic (exact) mass is 266 g/mol. The molecule has 2 rings (SSSR count). The summed E-state index contributed by atoms with van der Waals surface area (Å²) in [6.45, 7) is 0.541. The topological polar surface area (TPSA) is 80.0 Å². The van der Waals surface area contributed by atoms with Crippen LogP contribution in [0.5, 0.6) is 0 Å². The van der Waals surface area contributed by atoms with Gasteiger partial charge in [-0.3, -0.25) is 9.48 Å². The molecule has 1 unspecified atom stereocenters. The number of carboxylic acid groups (broad SMARTS) is 1. The van der Waals surface area contributed by atoms with Gasteiger partial charge in [-0.25, -0.2) is 0 Å². The van der Waals surface area contributed by atoms with Gasteiger partial charge in [0.05, 0.1) is 24.4 Å². The zero-order chi connectivity index (χ0) is 13.0. The second-order valence-corrected chi connectivity index (χ2v) is 4.87. The van der Waals surface area contributed by atoms with Crippen LogP contribution in [0.2, 0.25) is 0 Å². The summed E-state index contributed by atoms with van der Waals surface area (Å²) in [6.07, 6.45) is 1.73. The first-order valence-electron chi connectivity index (χ1n) is 5.49. The molecule has 0 saturated carbocycles. The zero-order valence-corrected chi connectivity index (χ0v) is 10.7. The fraction of sp³-hybridized carbons (Fsp3) is 0.364. The van der Waals surface area contributed by atoms with Crippen LogP contribution in [-0.4, -0.2) is 26.1 Å². The first-order chi connectivity index (χ1) is 8.66. The van der Waals surface area contributed by atoms with Gasteiger partial charge in [-0.05, 0) is 11.4 Å². The number of carbonyl (C=O) groups is 1. The van der Waals surface area contributed by atoms with Crippen molar-refractivity contribution in [2.75, 3.05) is 0 Å². The van der Waals surface area contributed by atoms with Gasteiger partial charge in [-0.1, -0.05) is 11.3 Å². The molecule has 0 spiro atoms. The molecule has 0 fully saturated rings. The maximum absolute atomic E-state index is 10.9. The van der Waals surface area contributed by atoms with E-state index in [9.17, 15) is 4.79 Å². The molecule has 1 atom stereocenters. The van der Waals surface area contributed by atoms with Gasteiger partial charge in [0.2, 0.25) is 0 Å². The number of hydrogen-bond acceptors (Lipinski definition) is 5. The summed E-state index contributed by atoms with van der Waals surface area (Å²) in [5.74, 6) is -0.816. The molecule has 0 amide bonds. The third-order valence-electron chi connectivity index (χ3n) is 2.60. The molecule has 0 aromatic carbocycles. The second-order valence-electron chi connectivity index (χ2n) is 3.90.